The van der Waals surface area contributed by atoms with E-state index < -0.39 is 6.10 Å². The first-order valence-corrected chi connectivity index (χ1v) is 5.00. The molecule has 1 saturated carbocycles. The lowest BCUT2D eigenvalue weighted by atomic mass is 9.83. The van der Waals surface area contributed by atoms with Gasteiger partial charge in [0.1, 0.15) is 6.10 Å². The molecule has 0 aromatic heterocycles. The highest BCUT2D eigenvalue weighted by Crippen LogP contribution is 2.28. The van der Waals surface area contributed by atoms with Crippen molar-refractivity contribution in [2.24, 2.45) is 5.92 Å². The van der Waals surface area contributed by atoms with Crippen molar-refractivity contribution in [2.45, 2.75) is 51.7 Å². The lowest BCUT2D eigenvalue weighted by Gasteiger charge is -2.33. The minimum Gasteiger partial charge on any atom is -0.460 e. The van der Waals surface area contributed by atoms with Crippen LogP contribution in [-0.2, 0) is 9.53 Å². The summed E-state index contributed by atoms with van der Waals surface area (Å²) in [5.41, 5.74) is 0. The molecular weight excluding hydrogens is 168 g/mol. The van der Waals surface area contributed by atoms with Gasteiger partial charge < -0.3 is 9.84 Å². The van der Waals surface area contributed by atoms with Gasteiger partial charge in [0, 0.05) is 6.92 Å². The second-order valence-corrected chi connectivity index (χ2v) is 3.74. The predicted octanol–water partition coefficient (Wildman–Crippen LogP) is 1.49. The van der Waals surface area contributed by atoms with Crippen LogP contribution < -0.4 is 0 Å². The zero-order valence-corrected chi connectivity index (χ0v) is 8.32. The summed E-state index contributed by atoms with van der Waals surface area (Å²) in [7, 11) is 0. The van der Waals surface area contributed by atoms with Crippen LogP contribution in [0.5, 0.6) is 0 Å². The predicted molar refractivity (Wildman–Crippen MR) is 49.2 cm³/mol. The largest absolute Gasteiger partial charge is 0.460 e. The molecule has 13 heavy (non-hydrogen) atoms. The van der Waals surface area contributed by atoms with Crippen LogP contribution in [0.2, 0.25) is 0 Å². The Labute approximate surface area is 79.1 Å². The molecule has 1 aliphatic carbocycles. The van der Waals surface area contributed by atoms with Crippen LogP contribution in [0.3, 0.4) is 0 Å². The zero-order valence-electron chi connectivity index (χ0n) is 8.32. The summed E-state index contributed by atoms with van der Waals surface area (Å²) in [6, 6.07) is 0. The molecule has 0 aromatic rings. The Kier molecular flexibility index (Phi) is 3.72. The summed E-state index contributed by atoms with van der Waals surface area (Å²) in [6.45, 7) is 3.45. The normalized spacial score (nSPS) is 34.2. The monoisotopic (exact) mass is 186 g/mol. The van der Waals surface area contributed by atoms with Gasteiger partial charge in [-0.3, -0.25) is 4.79 Å². The van der Waals surface area contributed by atoms with Crippen molar-refractivity contribution in [1.82, 2.24) is 0 Å². The fraction of sp³-hybridized carbons (Fsp3) is 0.900. The summed E-state index contributed by atoms with van der Waals surface area (Å²) in [5, 5.41) is 9.80. The first kappa shape index (κ1) is 10.5. The molecule has 3 atom stereocenters. The summed E-state index contributed by atoms with van der Waals surface area (Å²) in [6.07, 6.45) is 3.14. The van der Waals surface area contributed by atoms with E-state index in [1.54, 1.807) is 0 Å². The molecule has 0 aliphatic heterocycles. The van der Waals surface area contributed by atoms with Crippen molar-refractivity contribution >= 4 is 5.97 Å². The third-order valence-electron chi connectivity index (χ3n) is 2.77. The van der Waals surface area contributed by atoms with Crippen LogP contribution in [0.1, 0.15) is 39.5 Å². The minimum atomic E-state index is -0.456. The number of esters is 1. The van der Waals surface area contributed by atoms with Crippen LogP contribution >= 0.6 is 0 Å². The highest BCUT2D eigenvalue weighted by molar-refractivity contribution is 5.66. The molecule has 3 nitrogen and oxygen atoms in total. The van der Waals surface area contributed by atoms with E-state index in [1.165, 1.54) is 6.92 Å². The van der Waals surface area contributed by atoms with Crippen molar-refractivity contribution in [3.8, 4) is 0 Å². The van der Waals surface area contributed by atoms with Gasteiger partial charge in [-0.25, -0.2) is 0 Å². The summed E-state index contributed by atoms with van der Waals surface area (Å²) < 4.78 is 5.05. The number of rotatable bonds is 2. The topological polar surface area (TPSA) is 46.5 Å². The fourth-order valence-electron chi connectivity index (χ4n) is 2.01. The molecule has 76 valence electrons. The van der Waals surface area contributed by atoms with Crippen molar-refractivity contribution in [2.75, 3.05) is 0 Å². The van der Waals surface area contributed by atoms with Crippen molar-refractivity contribution < 1.29 is 14.6 Å². The highest BCUT2D eigenvalue weighted by Gasteiger charge is 2.32. The van der Waals surface area contributed by atoms with E-state index in [-0.39, 0.29) is 12.1 Å². The maximum atomic E-state index is 10.7. The standard InChI is InChI=1S/C10H18O3/c1-3-8-5-4-6-9(10(8)12)13-7(2)11/h8-10,12H,3-6H2,1-2H3. The van der Waals surface area contributed by atoms with Gasteiger partial charge >= 0.3 is 5.97 Å². The third-order valence-corrected chi connectivity index (χ3v) is 2.77. The van der Waals surface area contributed by atoms with Gasteiger partial charge in [0.2, 0.25) is 0 Å². The molecule has 0 spiro atoms. The zero-order chi connectivity index (χ0) is 9.84. The van der Waals surface area contributed by atoms with E-state index in [1.807, 2.05) is 0 Å². The summed E-state index contributed by atoms with van der Waals surface area (Å²) in [5.74, 6) is 0.0129. The highest BCUT2D eigenvalue weighted by atomic mass is 16.6. The lowest BCUT2D eigenvalue weighted by molar-refractivity contribution is -0.158. The van der Waals surface area contributed by atoms with E-state index in [4.69, 9.17) is 4.74 Å². The number of hydrogen-bond acceptors (Lipinski definition) is 3. The third kappa shape index (κ3) is 2.69. The van der Waals surface area contributed by atoms with Gasteiger partial charge in [-0.1, -0.05) is 13.3 Å². The molecule has 0 saturated heterocycles. The quantitative estimate of drug-likeness (QED) is 0.664. The Morgan fingerprint density at radius 3 is 2.77 bits per heavy atom. The van der Waals surface area contributed by atoms with E-state index in [0.29, 0.717) is 5.92 Å². The number of ether oxygens (including phenoxy) is 1. The molecule has 0 radical (unpaired) electrons. The van der Waals surface area contributed by atoms with Gasteiger partial charge in [0.05, 0.1) is 6.10 Å². The molecule has 1 N–H and O–H groups in total. The number of carbonyl (C=O) groups is 1. The maximum Gasteiger partial charge on any atom is 0.302 e. The fourth-order valence-corrected chi connectivity index (χ4v) is 2.01. The first-order valence-electron chi connectivity index (χ1n) is 5.00. The Hall–Kier alpha value is -0.570. The van der Waals surface area contributed by atoms with Crippen molar-refractivity contribution in [3.63, 3.8) is 0 Å². The van der Waals surface area contributed by atoms with E-state index in [2.05, 4.69) is 6.92 Å². The number of carbonyl (C=O) groups excluding carboxylic acids is 1. The smallest absolute Gasteiger partial charge is 0.302 e. The molecule has 0 amide bonds. The molecule has 0 bridgehead atoms. The number of aliphatic hydroxyl groups excluding tert-OH is 1. The average molecular weight is 186 g/mol. The van der Waals surface area contributed by atoms with Crippen molar-refractivity contribution in [1.29, 1.82) is 0 Å². The second-order valence-electron chi connectivity index (χ2n) is 3.74. The number of aliphatic hydroxyl groups is 1. The first-order chi connectivity index (χ1) is 6.15. The van der Waals surface area contributed by atoms with Gasteiger partial charge in [-0.05, 0) is 25.2 Å². The van der Waals surface area contributed by atoms with Crippen LogP contribution in [0.4, 0.5) is 0 Å². The molecule has 1 fully saturated rings. The summed E-state index contributed by atoms with van der Waals surface area (Å²) >= 11 is 0. The minimum absolute atomic E-state index is 0.267. The van der Waals surface area contributed by atoms with E-state index in [9.17, 15) is 9.90 Å². The number of hydrogen-bond donors (Lipinski definition) is 1. The molecule has 1 rings (SSSR count). The van der Waals surface area contributed by atoms with Gasteiger partial charge in [-0.15, -0.1) is 0 Å². The lowest BCUT2D eigenvalue weighted by Crippen LogP contribution is -2.39. The SMILES string of the molecule is CCC1CCCC(OC(C)=O)C1O. The van der Waals surface area contributed by atoms with Gasteiger partial charge in [0.25, 0.3) is 0 Å². The Bertz CT molecular complexity index is 179. The van der Waals surface area contributed by atoms with Crippen LogP contribution in [-0.4, -0.2) is 23.3 Å². The Morgan fingerprint density at radius 1 is 1.54 bits per heavy atom. The van der Waals surface area contributed by atoms with Gasteiger partial charge in [0.15, 0.2) is 0 Å². The maximum absolute atomic E-state index is 10.7. The van der Waals surface area contributed by atoms with Crippen LogP contribution in [0.15, 0.2) is 0 Å². The Morgan fingerprint density at radius 2 is 2.23 bits per heavy atom. The molecule has 3 heteroatoms. The second kappa shape index (κ2) is 4.61. The Balaban J connectivity index is 2.49. The molecule has 1 aliphatic rings. The van der Waals surface area contributed by atoms with Gasteiger partial charge in [-0.2, -0.15) is 0 Å². The van der Waals surface area contributed by atoms with Crippen LogP contribution in [0, 0.1) is 5.92 Å². The molecular formula is C10H18O3. The summed E-state index contributed by atoms with van der Waals surface area (Å²) in [4.78, 5) is 10.7. The molecule has 0 aromatic carbocycles. The van der Waals surface area contributed by atoms with Crippen LogP contribution in [0.25, 0.3) is 0 Å². The van der Waals surface area contributed by atoms with E-state index in [0.717, 1.165) is 25.7 Å². The van der Waals surface area contributed by atoms with E-state index >= 15 is 0 Å². The van der Waals surface area contributed by atoms with Crippen molar-refractivity contribution in [3.05, 3.63) is 0 Å². The molecule has 0 heterocycles. The molecule has 3 unspecified atom stereocenters. The average Bonchev–Trinajstić information content (AvgIpc) is 2.08.